The van der Waals surface area contributed by atoms with Gasteiger partial charge in [0, 0.05) is 0 Å². The third kappa shape index (κ3) is 1.99. The number of aliphatic hydroxyl groups excluding tert-OH is 1. The van der Waals surface area contributed by atoms with E-state index in [1.807, 2.05) is 13.8 Å². The van der Waals surface area contributed by atoms with E-state index < -0.39 is 0 Å². The summed E-state index contributed by atoms with van der Waals surface area (Å²) in [4.78, 5) is 0. The van der Waals surface area contributed by atoms with Crippen LogP contribution in [0.5, 0.6) is 0 Å². The molecule has 0 radical (unpaired) electrons. The third-order valence-electron chi connectivity index (χ3n) is 2.92. The van der Waals surface area contributed by atoms with Gasteiger partial charge in [-0.2, -0.15) is 0 Å². The highest BCUT2D eigenvalue weighted by Gasteiger charge is 2.53. The van der Waals surface area contributed by atoms with Crippen molar-refractivity contribution in [2.45, 2.75) is 64.3 Å². The number of hydrogen-bond donors (Lipinski definition) is 1. The Morgan fingerprint density at radius 3 is 2.50 bits per heavy atom. The van der Waals surface area contributed by atoms with Gasteiger partial charge in [-0.25, -0.2) is 0 Å². The second-order valence-electron chi connectivity index (χ2n) is 3.96. The average Bonchev–Trinajstić information content (AvgIpc) is 2.62. The second-order valence-corrected chi connectivity index (χ2v) is 3.96. The van der Waals surface area contributed by atoms with Gasteiger partial charge in [-0.15, -0.1) is 0 Å². The summed E-state index contributed by atoms with van der Waals surface area (Å²) in [5.41, 5.74) is -0.228. The zero-order valence-corrected chi connectivity index (χ0v) is 8.34. The Hall–Kier alpha value is -0.0800. The lowest BCUT2D eigenvalue weighted by molar-refractivity contribution is 0.0752. The lowest BCUT2D eigenvalue weighted by Gasteiger charge is -2.14. The van der Waals surface area contributed by atoms with E-state index in [4.69, 9.17) is 4.74 Å². The molecule has 12 heavy (non-hydrogen) atoms. The highest BCUT2D eigenvalue weighted by molar-refractivity contribution is 5.01. The molecule has 2 heteroatoms. The van der Waals surface area contributed by atoms with Crippen molar-refractivity contribution < 1.29 is 9.84 Å². The van der Waals surface area contributed by atoms with E-state index in [1.54, 1.807) is 0 Å². The summed E-state index contributed by atoms with van der Waals surface area (Å²) in [6.07, 6.45) is 4.40. The predicted octanol–water partition coefficient (Wildman–Crippen LogP) is 2.10. The van der Waals surface area contributed by atoms with Gasteiger partial charge in [0.25, 0.3) is 0 Å². The molecule has 0 amide bonds. The first-order valence-electron chi connectivity index (χ1n) is 4.97. The van der Waals surface area contributed by atoms with Crippen molar-refractivity contribution in [3.05, 3.63) is 0 Å². The maximum atomic E-state index is 9.72. The monoisotopic (exact) mass is 172 g/mol. The van der Waals surface area contributed by atoms with Gasteiger partial charge in [0.1, 0.15) is 5.60 Å². The molecule has 1 saturated heterocycles. The number of epoxide rings is 1. The van der Waals surface area contributed by atoms with E-state index in [0.717, 1.165) is 12.8 Å². The van der Waals surface area contributed by atoms with Crippen LogP contribution in [0.2, 0.25) is 0 Å². The van der Waals surface area contributed by atoms with Crippen LogP contribution in [0.1, 0.15) is 46.5 Å². The molecule has 0 spiro atoms. The van der Waals surface area contributed by atoms with Gasteiger partial charge in [0.15, 0.2) is 0 Å². The third-order valence-corrected chi connectivity index (χ3v) is 2.92. The topological polar surface area (TPSA) is 32.8 Å². The Labute approximate surface area is 74.9 Å². The van der Waals surface area contributed by atoms with Gasteiger partial charge < -0.3 is 9.84 Å². The summed E-state index contributed by atoms with van der Waals surface area (Å²) in [6.45, 7) is 6.18. The Kier molecular flexibility index (Phi) is 3.13. The molecule has 0 aromatic rings. The molecule has 1 fully saturated rings. The molecule has 0 aromatic heterocycles. The van der Waals surface area contributed by atoms with Gasteiger partial charge in [-0.1, -0.05) is 26.2 Å². The number of rotatable bonds is 5. The first kappa shape index (κ1) is 10.0. The Bertz CT molecular complexity index is 147. The smallest absolute Gasteiger partial charge is 0.117 e. The summed E-state index contributed by atoms with van der Waals surface area (Å²) in [7, 11) is 0. The minimum absolute atomic E-state index is 0.228. The fourth-order valence-electron chi connectivity index (χ4n) is 1.57. The maximum Gasteiger partial charge on any atom is 0.117 e. The molecule has 3 atom stereocenters. The Balaban J connectivity index is 2.16. The van der Waals surface area contributed by atoms with Crippen LogP contribution in [-0.4, -0.2) is 22.9 Å². The maximum absolute atomic E-state index is 9.72. The van der Waals surface area contributed by atoms with Crippen molar-refractivity contribution in [3.8, 4) is 0 Å². The summed E-state index contributed by atoms with van der Waals surface area (Å²) in [5.74, 6) is 0. The summed E-state index contributed by atoms with van der Waals surface area (Å²) < 4.78 is 5.35. The van der Waals surface area contributed by atoms with Gasteiger partial charge >= 0.3 is 0 Å². The minimum atomic E-state index is -0.265. The first-order valence-corrected chi connectivity index (χ1v) is 4.97. The lowest BCUT2D eigenvalue weighted by Crippen LogP contribution is -2.28. The van der Waals surface area contributed by atoms with Gasteiger partial charge in [-0.05, 0) is 20.3 Å². The summed E-state index contributed by atoms with van der Waals surface area (Å²) in [5, 5.41) is 9.72. The largest absolute Gasteiger partial charge is 0.390 e. The van der Waals surface area contributed by atoms with Crippen molar-refractivity contribution in [2.24, 2.45) is 0 Å². The molecule has 1 rings (SSSR count). The van der Waals surface area contributed by atoms with Gasteiger partial charge in [0.2, 0.25) is 0 Å². The molecule has 1 aliphatic heterocycles. The van der Waals surface area contributed by atoms with Crippen LogP contribution in [0.25, 0.3) is 0 Å². The molecular formula is C10H20O2. The number of unbranched alkanes of at least 4 members (excludes halogenated alkanes) is 2. The van der Waals surface area contributed by atoms with Crippen LogP contribution >= 0.6 is 0 Å². The normalized spacial score (nSPS) is 36.5. The predicted molar refractivity (Wildman–Crippen MR) is 49.1 cm³/mol. The van der Waals surface area contributed by atoms with Crippen molar-refractivity contribution in [3.63, 3.8) is 0 Å². The van der Waals surface area contributed by atoms with E-state index >= 15 is 0 Å². The van der Waals surface area contributed by atoms with Crippen LogP contribution in [0.4, 0.5) is 0 Å². The van der Waals surface area contributed by atoms with Crippen LogP contribution in [0, 0.1) is 0 Å². The van der Waals surface area contributed by atoms with Crippen LogP contribution in [0.3, 0.4) is 0 Å². The SMILES string of the molecule is CCCCC[C@H](O)[C@]1(C)O[C@H]1C. The van der Waals surface area contributed by atoms with Crippen LogP contribution in [0.15, 0.2) is 0 Å². The van der Waals surface area contributed by atoms with E-state index in [1.165, 1.54) is 12.8 Å². The lowest BCUT2D eigenvalue weighted by atomic mass is 9.96. The number of aliphatic hydroxyl groups is 1. The van der Waals surface area contributed by atoms with Crippen molar-refractivity contribution in [1.82, 2.24) is 0 Å². The highest BCUT2D eigenvalue weighted by Crippen LogP contribution is 2.40. The Morgan fingerprint density at radius 1 is 1.50 bits per heavy atom. The average molecular weight is 172 g/mol. The summed E-state index contributed by atoms with van der Waals surface area (Å²) in [6, 6.07) is 0. The zero-order valence-electron chi connectivity index (χ0n) is 8.34. The van der Waals surface area contributed by atoms with E-state index in [0.29, 0.717) is 0 Å². The zero-order chi connectivity index (χ0) is 9.19. The van der Waals surface area contributed by atoms with Crippen molar-refractivity contribution >= 4 is 0 Å². The molecule has 0 saturated carbocycles. The Morgan fingerprint density at radius 2 is 2.08 bits per heavy atom. The van der Waals surface area contributed by atoms with E-state index in [-0.39, 0.29) is 17.8 Å². The second kappa shape index (κ2) is 3.75. The highest BCUT2D eigenvalue weighted by atomic mass is 16.6. The van der Waals surface area contributed by atoms with Crippen molar-refractivity contribution in [2.75, 3.05) is 0 Å². The van der Waals surface area contributed by atoms with Gasteiger partial charge in [-0.3, -0.25) is 0 Å². The fraction of sp³-hybridized carbons (Fsp3) is 1.00. The molecule has 2 nitrogen and oxygen atoms in total. The molecule has 1 aliphatic rings. The van der Waals surface area contributed by atoms with Crippen molar-refractivity contribution in [1.29, 1.82) is 0 Å². The molecule has 72 valence electrons. The van der Waals surface area contributed by atoms with E-state index in [9.17, 15) is 5.11 Å². The molecule has 0 aromatic carbocycles. The molecule has 0 bridgehead atoms. The van der Waals surface area contributed by atoms with E-state index in [2.05, 4.69) is 6.92 Å². The number of hydrogen-bond acceptors (Lipinski definition) is 2. The molecule has 1 N–H and O–H groups in total. The summed E-state index contributed by atoms with van der Waals surface area (Å²) >= 11 is 0. The minimum Gasteiger partial charge on any atom is -0.390 e. The van der Waals surface area contributed by atoms with Crippen LogP contribution < -0.4 is 0 Å². The molecule has 0 aliphatic carbocycles. The van der Waals surface area contributed by atoms with Crippen LogP contribution in [-0.2, 0) is 4.74 Å². The standard InChI is InChI=1S/C10H20O2/c1-4-5-6-7-9(11)10(3)8(2)12-10/h8-9,11H,4-7H2,1-3H3/t8-,9-,10+/m0/s1. The van der Waals surface area contributed by atoms with Gasteiger partial charge in [0.05, 0.1) is 12.2 Å². The molecular weight excluding hydrogens is 152 g/mol. The first-order chi connectivity index (χ1) is 5.61. The fourth-order valence-corrected chi connectivity index (χ4v) is 1.57. The quantitative estimate of drug-likeness (QED) is 0.509. The molecule has 1 heterocycles. The number of ether oxygens (including phenoxy) is 1. The molecule has 0 unspecified atom stereocenters.